The number of hydrogen-bond donors (Lipinski definition) is 0. The largest absolute Gasteiger partial charge is 0.0956 e. The predicted octanol–water partition coefficient (Wildman–Crippen LogP) is 5.94. The summed E-state index contributed by atoms with van der Waals surface area (Å²) in [4.78, 5) is 0. The summed E-state index contributed by atoms with van der Waals surface area (Å²) in [5, 5.41) is 0. The molecule has 3 rings (SSSR count). The predicted molar refractivity (Wildman–Crippen MR) is 89.5 cm³/mol. The summed E-state index contributed by atoms with van der Waals surface area (Å²) in [6, 6.07) is 0. The van der Waals surface area contributed by atoms with Crippen LogP contribution in [0.4, 0.5) is 0 Å². The molecule has 0 amide bonds. The van der Waals surface area contributed by atoms with Crippen molar-refractivity contribution in [2.75, 3.05) is 0 Å². The minimum Gasteiger partial charge on any atom is -0.0956 e. The number of hydrogen-bond acceptors (Lipinski definition) is 0. The van der Waals surface area contributed by atoms with Crippen LogP contribution < -0.4 is 0 Å². The quantitative estimate of drug-likeness (QED) is 0.511. The highest BCUT2D eigenvalue weighted by molar-refractivity contribution is 5.42. The van der Waals surface area contributed by atoms with Crippen LogP contribution >= 0.6 is 0 Å². The molecule has 0 radical (unpaired) electrons. The molecule has 0 aromatic heterocycles. The van der Waals surface area contributed by atoms with Crippen LogP contribution in [0, 0.1) is 29.1 Å². The Balaban J connectivity index is 0.000000704. The Kier molecular flexibility index (Phi) is 4.14. The highest BCUT2D eigenvalue weighted by Gasteiger charge is 2.53. The lowest BCUT2D eigenvalue weighted by molar-refractivity contribution is 0.147. The van der Waals surface area contributed by atoms with Crippen molar-refractivity contribution in [3.63, 3.8) is 0 Å². The molecule has 3 aliphatic rings. The Labute approximate surface area is 125 Å². The van der Waals surface area contributed by atoms with Gasteiger partial charge in [0, 0.05) is 5.41 Å². The van der Waals surface area contributed by atoms with E-state index in [0.29, 0.717) is 17.8 Å². The van der Waals surface area contributed by atoms with Crippen LogP contribution in [-0.4, -0.2) is 0 Å². The van der Waals surface area contributed by atoms with Crippen molar-refractivity contribution in [1.82, 2.24) is 0 Å². The van der Waals surface area contributed by atoms with E-state index < -0.39 is 0 Å². The van der Waals surface area contributed by atoms with Crippen molar-refractivity contribution in [2.24, 2.45) is 29.1 Å². The van der Waals surface area contributed by atoms with Crippen molar-refractivity contribution in [3.8, 4) is 0 Å². The summed E-state index contributed by atoms with van der Waals surface area (Å²) in [5.74, 6) is 2.75. The maximum atomic E-state index is 4.35. The Morgan fingerprint density at radius 1 is 1.15 bits per heavy atom. The van der Waals surface area contributed by atoms with Crippen LogP contribution in [0.2, 0.25) is 0 Å². The first-order valence-corrected chi connectivity index (χ1v) is 8.20. The molecule has 0 aromatic carbocycles. The van der Waals surface area contributed by atoms with Gasteiger partial charge in [-0.05, 0) is 54.1 Å². The first-order valence-electron chi connectivity index (χ1n) is 8.20. The van der Waals surface area contributed by atoms with Gasteiger partial charge in [0.2, 0.25) is 0 Å². The van der Waals surface area contributed by atoms with E-state index in [0.717, 1.165) is 12.3 Å². The van der Waals surface area contributed by atoms with Crippen LogP contribution in [0.1, 0.15) is 47.0 Å². The van der Waals surface area contributed by atoms with Gasteiger partial charge in [0.15, 0.2) is 0 Å². The zero-order chi connectivity index (χ0) is 15.1. The monoisotopic (exact) mass is 270 g/mol. The van der Waals surface area contributed by atoms with E-state index in [2.05, 4.69) is 45.7 Å². The Morgan fingerprint density at radius 3 is 2.45 bits per heavy atom. The van der Waals surface area contributed by atoms with E-state index in [1.54, 1.807) is 0 Å². The Bertz CT molecular complexity index is 464. The van der Waals surface area contributed by atoms with E-state index in [-0.39, 0.29) is 5.41 Å². The second-order valence-electron chi connectivity index (χ2n) is 6.79. The van der Waals surface area contributed by atoms with Gasteiger partial charge in [0.1, 0.15) is 0 Å². The van der Waals surface area contributed by atoms with Gasteiger partial charge in [-0.2, -0.15) is 0 Å². The fraction of sp³-hybridized carbons (Fsp3) is 0.600. The van der Waals surface area contributed by atoms with Crippen molar-refractivity contribution in [2.45, 2.75) is 47.0 Å². The van der Waals surface area contributed by atoms with Crippen LogP contribution in [-0.2, 0) is 0 Å². The summed E-state index contributed by atoms with van der Waals surface area (Å²) in [7, 11) is 0. The standard InChI is InChI=1S/C18H24.C2H6/c1-11-6-8-15-14(4)12(2)10-17(15)18(5)13(3)7-9-16(11)18;1-2/h7,9,11,15-17H,2-4,6,8,10H2,1,5H3;1-2H3. The smallest absolute Gasteiger partial charge is 0.00213 e. The fourth-order valence-electron chi connectivity index (χ4n) is 4.75. The SMILES string of the molecule is C=C1CC2C(CCC(C)C3C=CC(=C)C32C)C1=C.CC. The molecule has 2 saturated carbocycles. The molecule has 0 heteroatoms. The molecule has 0 nitrogen and oxygen atoms in total. The topological polar surface area (TPSA) is 0 Å². The third-order valence-corrected chi connectivity index (χ3v) is 6.06. The van der Waals surface area contributed by atoms with Gasteiger partial charge in [-0.25, -0.2) is 0 Å². The second kappa shape index (κ2) is 5.39. The van der Waals surface area contributed by atoms with Gasteiger partial charge in [0.05, 0.1) is 0 Å². The molecular weight excluding hydrogens is 240 g/mol. The highest BCUT2D eigenvalue weighted by atomic mass is 14.6. The van der Waals surface area contributed by atoms with Gasteiger partial charge in [-0.3, -0.25) is 0 Å². The van der Waals surface area contributed by atoms with Gasteiger partial charge in [0.25, 0.3) is 0 Å². The minimum atomic E-state index is 0.239. The van der Waals surface area contributed by atoms with E-state index in [1.165, 1.54) is 29.6 Å². The molecule has 0 aliphatic heterocycles. The lowest BCUT2D eigenvalue weighted by atomic mass is 9.62. The molecule has 110 valence electrons. The van der Waals surface area contributed by atoms with Crippen LogP contribution in [0.25, 0.3) is 0 Å². The van der Waals surface area contributed by atoms with Crippen molar-refractivity contribution in [3.05, 3.63) is 48.6 Å². The Morgan fingerprint density at radius 2 is 1.80 bits per heavy atom. The Hall–Kier alpha value is -1.04. The van der Waals surface area contributed by atoms with Crippen molar-refractivity contribution < 1.29 is 0 Å². The minimum absolute atomic E-state index is 0.239. The second-order valence-corrected chi connectivity index (χ2v) is 6.79. The molecule has 0 N–H and O–H groups in total. The van der Waals surface area contributed by atoms with Crippen molar-refractivity contribution >= 4 is 0 Å². The molecule has 0 spiro atoms. The zero-order valence-electron chi connectivity index (χ0n) is 13.7. The molecule has 3 aliphatic carbocycles. The number of rotatable bonds is 0. The van der Waals surface area contributed by atoms with Crippen molar-refractivity contribution in [1.29, 1.82) is 0 Å². The third-order valence-electron chi connectivity index (χ3n) is 6.06. The fourth-order valence-corrected chi connectivity index (χ4v) is 4.75. The summed E-state index contributed by atoms with van der Waals surface area (Å²) in [6.45, 7) is 21.7. The van der Waals surface area contributed by atoms with Gasteiger partial charge < -0.3 is 0 Å². The van der Waals surface area contributed by atoms with Gasteiger partial charge in [-0.15, -0.1) is 0 Å². The van der Waals surface area contributed by atoms with Crippen LogP contribution in [0.5, 0.6) is 0 Å². The van der Waals surface area contributed by atoms with Gasteiger partial charge in [-0.1, -0.05) is 65.2 Å². The first-order chi connectivity index (χ1) is 9.46. The molecule has 5 unspecified atom stereocenters. The average molecular weight is 270 g/mol. The molecule has 2 fully saturated rings. The lowest BCUT2D eigenvalue weighted by Crippen LogP contribution is -2.35. The average Bonchev–Trinajstić information content (AvgIpc) is 2.87. The first kappa shape index (κ1) is 15.4. The summed E-state index contributed by atoms with van der Waals surface area (Å²) in [6.07, 6.45) is 8.42. The zero-order valence-corrected chi connectivity index (χ0v) is 13.7. The summed E-state index contributed by atoms with van der Waals surface area (Å²) in [5.41, 5.74) is 4.19. The molecule has 0 aromatic rings. The maximum absolute atomic E-state index is 4.35. The molecule has 0 saturated heterocycles. The molecule has 0 heterocycles. The number of fused-ring (bicyclic) bond motifs is 3. The van der Waals surface area contributed by atoms with Crippen LogP contribution in [0.3, 0.4) is 0 Å². The van der Waals surface area contributed by atoms with E-state index in [9.17, 15) is 0 Å². The van der Waals surface area contributed by atoms with E-state index in [4.69, 9.17) is 0 Å². The van der Waals surface area contributed by atoms with E-state index in [1.807, 2.05) is 13.8 Å². The molecule has 20 heavy (non-hydrogen) atoms. The lowest BCUT2D eigenvalue weighted by Gasteiger charge is -2.41. The number of allylic oxidation sites excluding steroid dienone is 5. The highest BCUT2D eigenvalue weighted by Crippen LogP contribution is 2.62. The van der Waals surface area contributed by atoms with Crippen LogP contribution in [0.15, 0.2) is 48.6 Å². The molecular formula is C20H30. The summed E-state index contributed by atoms with van der Waals surface area (Å²) < 4.78 is 0. The molecule has 0 bridgehead atoms. The normalized spacial score (nSPS) is 42.7. The summed E-state index contributed by atoms with van der Waals surface area (Å²) >= 11 is 0. The molecule has 5 atom stereocenters. The maximum Gasteiger partial charge on any atom is 0.00213 e. The van der Waals surface area contributed by atoms with Gasteiger partial charge >= 0.3 is 0 Å². The third kappa shape index (κ3) is 1.96. The van der Waals surface area contributed by atoms with E-state index >= 15 is 0 Å².